The molecule has 6 atom stereocenters. The van der Waals surface area contributed by atoms with Gasteiger partial charge in [0.1, 0.15) is 11.6 Å². The predicted octanol–water partition coefficient (Wildman–Crippen LogP) is 1.93. The first-order chi connectivity index (χ1) is 15.7. The lowest BCUT2D eigenvalue weighted by atomic mass is 9.62. The average molecular weight is 458 g/mol. The van der Waals surface area contributed by atoms with Crippen molar-refractivity contribution in [2.24, 2.45) is 17.8 Å². The zero-order valence-corrected chi connectivity index (χ0v) is 19.8. The fraction of sp³-hybridized carbons (Fsp3) is 0.640. The van der Waals surface area contributed by atoms with E-state index in [1.54, 1.807) is 4.90 Å². The molecule has 3 amide bonds. The summed E-state index contributed by atoms with van der Waals surface area (Å²) in [4.78, 5) is 42.4. The van der Waals surface area contributed by atoms with Crippen molar-refractivity contribution in [2.45, 2.75) is 70.2 Å². The van der Waals surface area contributed by atoms with Crippen LogP contribution in [0.15, 0.2) is 30.3 Å². The van der Waals surface area contributed by atoms with Crippen LogP contribution in [-0.2, 0) is 19.1 Å². The number of benzene rings is 1. The van der Waals surface area contributed by atoms with Gasteiger partial charge in [0.2, 0.25) is 17.7 Å². The minimum atomic E-state index is -1.04. The van der Waals surface area contributed by atoms with Gasteiger partial charge in [-0.1, -0.05) is 25.1 Å². The van der Waals surface area contributed by atoms with Crippen molar-refractivity contribution in [3.8, 4) is 0 Å². The lowest BCUT2D eigenvalue weighted by molar-refractivity contribution is -0.146. The first-order valence-corrected chi connectivity index (χ1v) is 11.9. The summed E-state index contributed by atoms with van der Waals surface area (Å²) < 4.78 is 6.64. The van der Waals surface area contributed by atoms with Crippen LogP contribution in [0.5, 0.6) is 0 Å². The quantitative estimate of drug-likeness (QED) is 0.517. The molecule has 3 unspecified atom stereocenters. The Hall–Kier alpha value is -2.45. The predicted molar refractivity (Wildman–Crippen MR) is 123 cm³/mol. The molecular formula is C25H35N3O5. The summed E-state index contributed by atoms with van der Waals surface area (Å²) in [5, 5.41) is 15.2. The monoisotopic (exact) mass is 457 g/mol. The van der Waals surface area contributed by atoms with E-state index >= 15 is 0 Å². The minimum Gasteiger partial charge on any atom is -0.396 e. The highest BCUT2D eigenvalue weighted by molar-refractivity contribution is 6.02. The summed E-state index contributed by atoms with van der Waals surface area (Å²) in [6, 6.07) is 8.29. The molecule has 3 aliphatic heterocycles. The third kappa shape index (κ3) is 3.73. The van der Waals surface area contributed by atoms with E-state index in [1.807, 2.05) is 58.0 Å². The average Bonchev–Trinajstić information content (AvgIpc) is 3.25. The number of para-hydroxylation sites is 1. The van der Waals surface area contributed by atoms with Crippen LogP contribution in [0.3, 0.4) is 0 Å². The second-order valence-electron chi connectivity index (χ2n) is 10.2. The highest BCUT2D eigenvalue weighted by atomic mass is 16.5. The molecule has 8 nitrogen and oxygen atoms in total. The fourth-order valence-electron chi connectivity index (χ4n) is 6.18. The second kappa shape index (κ2) is 8.72. The molecular weight excluding hydrogens is 422 g/mol. The van der Waals surface area contributed by atoms with Crippen LogP contribution in [0, 0.1) is 17.8 Å². The van der Waals surface area contributed by atoms with Gasteiger partial charge < -0.3 is 25.4 Å². The highest BCUT2D eigenvalue weighted by Gasteiger charge is 2.79. The molecule has 8 heteroatoms. The van der Waals surface area contributed by atoms with Crippen LogP contribution in [0.25, 0.3) is 0 Å². The van der Waals surface area contributed by atoms with Crippen molar-refractivity contribution in [1.82, 2.24) is 10.2 Å². The number of rotatable bonds is 8. The van der Waals surface area contributed by atoms with Gasteiger partial charge in [0.15, 0.2) is 0 Å². The van der Waals surface area contributed by atoms with Crippen LogP contribution in [0.4, 0.5) is 5.69 Å². The number of likely N-dealkylation sites (tertiary alicyclic amines) is 1. The van der Waals surface area contributed by atoms with Crippen LogP contribution in [-0.4, -0.2) is 64.2 Å². The number of amides is 3. The lowest BCUT2D eigenvalue weighted by Crippen LogP contribution is -2.56. The topological polar surface area (TPSA) is 108 Å². The number of carbonyl (C=O) groups excluding carboxylic acids is 3. The molecule has 0 aromatic heterocycles. The molecule has 3 aliphatic rings. The highest BCUT2D eigenvalue weighted by Crippen LogP contribution is 2.65. The molecule has 3 saturated heterocycles. The number of fused-ring (bicyclic) bond motifs is 1. The fourth-order valence-corrected chi connectivity index (χ4v) is 6.18. The first-order valence-electron chi connectivity index (χ1n) is 11.9. The Kier molecular flexibility index (Phi) is 6.26. The van der Waals surface area contributed by atoms with E-state index in [2.05, 4.69) is 10.6 Å². The maximum Gasteiger partial charge on any atom is 0.246 e. The number of unbranched alkanes of at least 4 members (excludes halogenated alkanes) is 1. The number of aliphatic hydroxyl groups is 1. The summed E-state index contributed by atoms with van der Waals surface area (Å²) in [6.07, 6.45) is 1.65. The minimum absolute atomic E-state index is 0.000171. The zero-order chi connectivity index (χ0) is 24.0. The number of anilines is 1. The van der Waals surface area contributed by atoms with Gasteiger partial charge in [-0.25, -0.2) is 0 Å². The molecule has 1 aromatic carbocycles. The van der Waals surface area contributed by atoms with E-state index in [4.69, 9.17) is 4.74 Å². The SMILES string of the molecule is CC(C)NC(=O)C1N(CCCCO)C(=O)[C@@H]2[C@@H](C(=O)Nc3ccccc3)[C@]3(C)OC12CC3C. The Morgan fingerprint density at radius 1 is 1.21 bits per heavy atom. The number of nitrogens with zero attached hydrogens (tertiary/aromatic N) is 1. The molecule has 0 aliphatic carbocycles. The molecule has 1 aromatic rings. The van der Waals surface area contributed by atoms with Crippen LogP contribution in [0.2, 0.25) is 0 Å². The second-order valence-corrected chi connectivity index (χ2v) is 10.2. The van der Waals surface area contributed by atoms with Gasteiger partial charge in [0.05, 0.1) is 17.4 Å². The summed E-state index contributed by atoms with van der Waals surface area (Å²) in [6.45, 7) is 8.06. The Morgan fingerprint density at radius 2 is 1.91 bits per heavy atom. The van der Waals surface area contributed by atoms with Gasteiger partial charge in [-0.3, -0.25) is 14.4 Å². The molecule has 2 bridgehead atoms. The Labute approximate surface area is 195 Å². The summed E-state index contributed by atoms with van der Waals surface area (Å²) in [5.41, 5.74) is -1.22. The normalized spacial score (nSPS) is 34.6. The van der Waals surface area contributed by atoms with E-state index in [1.165, 1.54) is 0 Å². The van der Waals surface area contributed by atoms with Gasteiger partial charge >= 0.3 is 0 Å². The van der Waals surface area contributed by atoms with Gasteiger partial charge in [-0.05, 0) is 58.1 Å². The molecule has 0 radical (unpaired) electrons. The molecule has 3 heterocycles. The van der Waals surface area contributed by atoms with Crippen molar-refractivity contribution in [2.75, 3.05) is 18.5 Å². The third-order valence-electron chi connectivity index (χ3n) is 7.62. The van der Waals surface area contributed by atoms with Gasteiger partial charge in [-0.2, -0.15) is 0 Å². The molecule has 1 spiro atoms. The first kappa shape index (κ1) is 23.7. The number of ether oxygens (including phenoxy) is 1. The van der Waals surface area contributed by atoms with Crippen molar-refractivity contribution >= 4 is 23.4 Å². The van der Waals surface area contributed by atoms with Crippen LogP contribution < -0.4 is 10.6 Å². The number of aliphatic hydroxyl groups excluding tert-OH is 1. The Balaban J connectivity index is 1.72. The van der Waals surface area contributed by atoms with Crippen LogP contribution >= 0.6 is 0 Å². The van der Waals surface area contributed by atoms with Gasteiger partial charge in [-0.15, -0.1) is 0 Å². The van der Waals surface area contributed by atoms with Gasteiger partial charge in [0.25, 0.3) is 0 Å². The van der Waals surface area contributed by atoms with E-state index < -0.39 is 29.1 Å². The molecule has 0 saturated carbocycles. The summed E-state index contributed by atoms with van der Waals surface area (Å²) in [5.74, 6) is -2.13. The van der Waals surface area contributed by atoms with E-state index in [0.717, 1.165) is 0 Å². The maximum atomic E-state index is 13.8. The van der Waals surface area contributed by atoms with Crippen LogP contribution in [0.1, 0.15) is 47.0 Å². The van der Waals surface area contributed by atoms with Crippen molar-refractivity contribution in [3.63, 3.8) is 0 Å². The van der Waals surface area contributed by atoms with Gasteiger partial charge in [0, 0.05) is 24.9 Å². The number of nitrogens with one attached hydrogen (secondary N) is 2. The molecule has 3 fully saturated rings. The largest absolute Gasteiger partial charge is 0.396 e. The van der Waals surface area contributed by atoms with Crippen molar-refractivity contribution in [3.05, 3.63) is 30.3 Å². The smallest absolute Gasteiger partial charge is 0.246 e. The summed E-state index contributed by atoms with van der Waals surface area (Å²) in [7, 11) is 0. The Bertz CT molecular complexity index is 922. The standard InChI is InChI=1S/C25H35N3O5/c1-15(2)26-22(31)20-25-14-16(3)24(4,33-25)18(21(30)27-17-10-6-5-7-11-17)19(25)23(32)28(20)12-8-9-13-29/h5-7,10-11,15-16,18-20,29H,8-9,12-14H2,1-4H3,(H,26,31)(H,27,30)/t16?,18-,19-,20?,24+,25?/m0/s1. The summed E-state index contributed by atoms with van der Waals surface area (Å²) >= 11 is 0. The number of hydrogen-bond donors (Lipinski definition) is 3. The molecule has 33 heavy (non-hydrogen) atoms. The van der Waals surface area contributed by atoms with Crippen molar-refractivity contribution in [1.29, 1.82) is 0 Å². The molecule has 4 rings (SSSR count). The van der Waals surface area contributed by atoms with E-state index in [-0.39, 0.29) is 36.3 Å². The third-order valence-corrected chi connectivity index (χ3v) is 7.62. The molecule has 180 valence electrons. The zero-order valence-electron chi connectivity index (χ0n) is 19.8. The van der Waals surface area contributed by atoms with E-state index in [0.29, 0.717) is 31.5 Å². The lowest BCUT2D eigenvalue weighted by Gasteiger charge is -2.36. The van der Waals surface area contributed by atoms with E-state index in [9.17, 15) is 19.5 Å². The Morgan fingerprint density at radius 3 is 2.55 bits per heavy atom. The number of carbonyl (C=O) groups is 3. The number of hydrogen-bond acceptors (Lipinski definition) is 5. The van der Waals surface area contributed by atoms with Crippen molar-refractivity contribution < 1.29 is 24.2 Å². The molecule has 3 N–H and O–H groups in total. The maximum absolute atomic E-state index is 13.8.